The van der Waals surface area contributed by atoms with E-state index in [9.17, 15) is 9.90 Å². The van der Waals surface area contributed by atoms with Crippen LogP contribution in [0.1, 0.15) is 40.4 Å². The summed E-state index contributed by atoms with van der Waals surface area (Å²) in [5.41, 5.74) is 4.64. The third-order valence-electron chi connectivity index (χ3n) is 5.53. The van der Waals surface area contributed by atoms with Crippen molar-refractivity contribution in [1.82, 2.24) is 9.80 Å². The molecule has 144 valence electrons. The fraction of sp³-hybridized carbons (Fsp3) is 0.435. The van der Waals surface area contributed by atoms with Gasteiger partial charge in [0.1, 0.15) is 0 Å². The zero-order valence-electron chi connectivity index (χ0n) is 16.4. The van der Waals surface area contributed by atoms with Crippen LogP contribution in [0.15, 0.2) is 48.5 Å². The zero-order chi connectivity index (χ0) is 19.2. The maximum atomic E-state index is 11.6. The fourth-order valence-electron chi connectivity index (χ4n) is 3.89. The maximum Gasteiger partial charge on any atom is 0.159 e. The molecule has 1 saturated heterocycles. The minimum atomic E-state index is 0.109. The molecule has 1 heterocycles. The third-order valence-corrected chi connectivity index (χ3v) is 5.53. The average molecular weight is 367 g/mol. The standard InChI is InChI=1S/C23H30N2O2/c1-18-6-3-4-8-22(18)16-25-12-11-24(17-23(25)10-13-26)15-20-7-5-9-21(14-20)19(2)27/h3-9,14,23,26H,10-13,15-17H2,1-2H3/t23-/m0/s1. The van der Waals surface area contributed by atoms with E-state index in [0.717, 1.165) is 44.7 Å². The van der Waals surface area contributed by atoms with E-state index in [-0.39, 0.29) is 12.4 Å². The van der Waals surface area contributed by atoms with E-state index in [1.54, 1.807) is 6.92 Å². The molecule has 4 heteroatoms. The van der Waals surface area contributed by atoms with Gasteiger partial charge in [-0.1, -0.05) is 42.5 Å². The highest BCUT2D eigenvalue weighted by Crippen LogP contribution is 2.20. The molecule has 0 aliphatic carbocycles. The number of hydrogen-bond donors (Lipinski definition) is 1. The van der Waals surface area contributed by atoms with Gasteiger partial charge in [0.2, 0.25) is 0 Å². The number of carbonyl (C=O) groups is 1. The first-order valence-electron chi connectivity index (χ1n) is 9.78. The van der Waals surface area contributed by atoms with E-state index in [2.05, 4.69) is 47.1 Å². The Labute approximate surface area is 162 Å². The number of aliphatic hydroxyl groups is 1. The molecule has 0 bridgehead atoms. The van der Waals surface area contributed by atoms with Gasteiger partial charge in [-0.15, -0.1) is 0 Å². The number of Topliss-reactive ketones (excluding diaryl/α,β-unsaturated/α-hetero) is 1. The largest absolute Gasteiger partial charge is 0.396 e. The molecule has 1 fully saturated rings. The van der Waals surface area contributed by atoms with Crippen LogP contribution >= 0.6 is 0 Å². The summed E-state index contributed by atoms with van der Waals surface area (Å²) in [7, 11) is 0. The Morgan fingerprint density at radius 2 is 1.93 bits per heavy atom. The molecule has 0 saturated carbocycles. The van der Waals surface area contributed by atoms with E-state index >= 15 is 0 Å². The molecule has 0 aromatic heterocycles. The minimum absolute atomic E-state index is 0.109. The monoisotopic (exact) mass is 366 g/mol. The summed E-state index contributed by atoms with van der Waals surface area (Å²) in [5, 5.41) is 9.55. The van der Waals surface area contributed by atoms with E-state index in [1.807, 2.05) is 18.2 Å². The van der Waals surface area contributed by atoms with Crippen LogP contribution in [-0.2, 0) is 13.1 Å². The van der Waals surface area contributed by atoms with Crippen LogP contribution in [-0.4, -0.2) is 53.0 Å². The predicted octanol–water partition coefficient (Wildman–Crippen LogP) is 3.27. The summed E-state index contributed by atoms with van der Waals surface area (Å²) in [6.07, 6.45) is 0.788. The summed E-state index contributed by atoms with van der Waals surface area (Å²) < 4.78 is 0. The van der Waals surface area contributed by atoms with Gasteiger partial charge in [0.15, 0.2) is 5.78 Å². The summed E-state index contributed by atoms with van der Waals surface area (Å²) in [5.74, 6) is 0.109. The van der Waals surface area contributed by atoms with Gasteiger partial charge in [0.25, 0.3) is 0 Å². The molecule has 27 heavy (non-hydrogen) atoms. The molecule has 4 nitrogen and oxygen atoms in total. The number of ketones is 1. The first kappa shape index (κ1) is 19.7. The Bertz CT molecular complexity index is 774. The van der Waals surface area contributed by atoms with Crippen LogP contribution in [0.5, 0.6) is 0 Å². The quantitative estimate of drug-likeness (QED) is 0.764. The lowest BCUT2D eigenvalue weighted by atomic mass is 10.0. The van der Waals surface area contributed by atoms with Crippen LogP contribution < -0.4 is 0 Å². The predicted molar refractivity (Wildman–Crippen MR) is 109 cm³/mol. The second kappa shape index (κ2) is 9.27. The molecule has 1 aliphatic heterocycles. The van der Waals surface area contributed by atoms with Gasteiger partial charge in [-0.3, -0.25) is 14.6 Å². The Hall–Kier alpha value is -2.01. The number of aliphatic hydroxyl groups excluding tert-OH is 1. The Balaban J connectivity index is 1.66. The van der Waals surface area contributed by atoms with E-state index in [1.165, 1.54) is 16.7 Å². The number of nitrogens with zero attached hydrogens (tertiary/aromatic N) is 2. The lowest BCUT2D eigenvalue weighted by Gasteiger charge is -2.41. The SMILES string of the molecule is CC(=O)c1cccc(CN2CCN(Cc3ccccc3C)[C@@H](CCO)C2)c1. The molecule has 2 aromatic rings. The van der Waals surface area contributed by atoms with Gasteiger partial charge in [0.05, 0.1) is 0 Å². The Morgan fingerprint density at radius 3 is 2.67 bits per heavy atom. The number of piperazine rings is 1. The topological polar surface area (TPSA) is 43.8 Å². The zero-order valence-corrected chi connectivity index (χ0v) is 16.4. The Kier molecular flexibility index (Phi) is 6.78. The van der Waals surface area contributed by atoms with Crippen LogP contribution in [0.2, 0.25) is 0 Å². The van der Waals surface area contributed by atoms with Gasteiger partial charge in [-0.25, -0.2) is 0 Å². The van der Waals surface area contributed by atoms with Crippen molar-refractivity contribution in [2.75, 3.05) is 26.2 Å². The Morgan fingerprint density at radius 1 is 1.11 bits per heavy atom. The van der Waals surface area contributed by atoms with E-state index in [0.29, 0.717) is 6.04 Å². The van der Waals surface area contributed by atoms with Crippen LogP contribution in [0, 0.1) is 6.92 Å². The fourth-order valence-corrected chi connectivity index (χ4v) is 3.89. The first-order chi connectivity index (χ1) is 13.1. The van der Waals surface area contributed by atoms with Crippen molar-refractivity contribution in [2.45, 2.75) is 39.4 Å². The summed E-state index contributed by atoms with van der Waals surface area (Å²) in [4.78, 5) is 16.6. The van der Waals surface area contributed by atoms with Gasteiger partial charge < -0.3 is 5.11 Å². The average Bonchev–Trinajstić information content (AvgIpc) is 2.66. The van der Waals surface area contributed by atoms with Crippen molar-refractivity contribution >= 4 is 5.78 Å². The lowest BCUT2D eigenvalue weighted by molar-refractivity contribution is 0.0498. The van der Waals surface area contributed by atoms with E-state index < -0.39 is 0 Å². The number of hydrogen-bond acceptors (Lipinski definition) is 4. The van der Waals surface area contributed by atoms with Gasteiger partial charge in [-0.05, 0) is 43.0 Å². The van der Waals surface area contributed by atoms with Gasteiger partial charge >= 0.3 is 0 Å². The van der Waals surface area contributed by atoms with Gasteiger partial charge in [0, 0.05) is 50.9 Å². The van der Waals surface area contributed by atoms with Crippen LogP contribution in [0.25, 0.3) is 0 Å². The van der Waals surface area contributed by atoms with Crippen molar-refractivity contribution in [3.8, 4) is 0 Å². The molecule has 0 radical (unpaired) electrons. The van der Waals surface area contributed by atoms with E-state index in [4.69, 9.17) is 0 Å². The normalized spacial score (nSPS) is 18.6. The van der Waals surface area contributed by atoms with Crippen molar-refractivity contribution in [3.63, 3.8) is 0 Å². The number of rotatable bonds is 7. The molecule has 0 unspecified atom stereocenters. The molecule has 3 rings (SSSR count). The van der Waals surface area contributed by atoms with Crippen LogP contribution in [0.4, 0.5) is 0 Å². The highest BCUT2D eigenvalue weighted by Gasteiger charge is 2.27. The number of benzene rings is 2. The molecule has 0 spiro atoms. The summed E-state index contributed by atoms with van der Waals surface area (Å²) >= 11 is 0. The van der Waals surface area contributed by atoms with Crippen molar-refractivity contribution in [3.05, 3.63) is 70.8 Å². The molecule has 1 aliphatic rings. The van der Waals surface area contributed by atoms with Crippen LogP contribution in [0.3, 0.4) is 0 Å². The summed E-state index contributed by atoms with van der Waals surface area (Å²) in [6.45, 7) is 8.70. The molecule has 1 N–H and O–H groups in total. The maximum absolute atomic E-state index is 11.6. The highest BCUT2D eigenvalue weighted by atomic mass is 16.3. The molecule has 0 amide bonds. The highest BCUT2D eigenvalue weighted by molar-refractivity contribution is 5.94. The number of carbonyl (C=O) groups excluding carboxylic acids is 1. The lowest BCUT2D eigenvalue weighted by Crippen LogP contribution is -2.52. The van der Waals surface area contributed by atoms with Crippen molar-refractivity contribution in [1.29, 1.82) is 0 Å². The third kappa shape index (κ3) is 5.25. The first-order valence-corrected chi connectivity index (χ1v) is 9.78. The molecule has 2 aromatic carbocycles. The second-order valence-electron chi connectivity index (χ2n) is 7.55. The number of aryl methyl sites for hydroxylation is 1. The molecular formula is C23H30N2O2. The summed E-state index contributed by atoms with van der Waals surface area (Å²) in [6, 6.07) is 16.8. The van der Waals surface area contributed by atoms with Crippen molar-refractivity contribution in [2.24, 2.45) is 0 Å². The second-order valence-corrected chi connectivity index (χ2v) is 7.55. The molecule has 1 atom stereocenters. The minimum Gasteiger partial charge on any atom is -0.396 e. The molecular weight excluding hydrogens is 336 g/mol. The van der Waals surface area contributed by atoms with Gasteiger partial charge in [-0.2, -0.15) is 0 Å². The van der Waals surface area contributed by atoms with Crippen molar-refractivity contribution < 1.29 is 9.90 Å². The smallest absolute Gasteiger partial charge is 0.159 e.